The van der Waals surface area contributed by atoms with Gasteiger partial charge in [-0.1, -0.05) is 78.5 Å². The zero-order valence-electron chi connectivity index (χ0n) is 23.1. The van der Waals surface area contributed by atoms with Gasteiger partial charge in [-0.15, -0.1) is 0 Å². The van der Waals surface area contributed by atoms with Crippen LogP contribution in [0.25, 0.3) is 0 Å². The maximum Gasteiger partial charge on any atom is 0.264 e. The van der Waals surface area contributed by atoms with Crippen molar-refractivity contribution < 1.29 is 18.0 Å². The van der Waals surface area contributed by atoms with Gasteiger partial charge in [0.15, 0.2) is 0 Å². The predicted octanol–water partition coefficient (Wildman–Crippen LogP) is 5.63. The first-order valence-corrected chi connectivity index (χ1v) is 15.4. The first-order valence-electron chi connectivity index (χ1n) is 13.6. The number of hydrogen-bond acceptors (Lipinski definition) is 4. The van der Waals surface area contributed by atoms with Gasteiger partial charge in [0.1, 0.15) is 12.6 Å². The van der Waals surface area contributed by atoms with Crippen LogP contribution in [0.15, 0.2) is 77.7 Å². The molecule has 2 amide bonds. The summed E-state index contributed by atoms with van der Waals surface area (Å²) in [4.78, 5) is 28.8. The number of rotatable bonds is 10. The minimum absolute atomic E-state index is 0.0524. The number of sulfonamides is 1. The molecule has 0 aromatic heterocycles. The molecule has 9 heteroatoms. The number of carbonyl (C=O) groups is 2. The van der Waals surface area contributed by atoms with Crippen molar-refractivity contribution in [3.05, 3.63) is 94.5 Å². The second kappa shape index (κ2) is 12.9. The molecule has 1 aliphatic rings. The maximum atomic E-state index is 14.0. The fourth-order valence-corrected chi connectivity index (χ4v) is 6.45. The number of nitrogens with zero attached hydrogens (tertiary/aromatic N) is 2. The minimum Gasteiger partial charge on any atom is -0.352 e. The summed E-state index contributed by atoms with van der Waals surface area (Å²) in [6.07, 6.45) is 3.97. The van der Waals surface area contributed by atoms with E-state index in [4.69, 9.17) is 11.6 Å². The van der Waals surface area contributed by atoms with Gasteiger partial charge < -0.3 is 10.2 Å². The van der Waals surface area contributed by atoms with Crippen molar-refractivity contribution in [1.29, 1.82) is 0 Å². The van der Waals surface area contributed by atoms with E-state index in [0.29, 0.717) is 5.02 Å². The average Bonchev–Trinajstić information content (AvgIpc) is 3.46. The van der Waals surface area contributed by atoms with E-state index in [2.05, 4.69) is 5.32 Å². The third kappa shape index (κ3) is 7.04. The molecule has 3 aromatic rings. The molecular formula is C31H36ClN3O4S. The number of aryl methyl sites for hydroxylation is 2. The van der Waals surface area contributed by atoms with Crippen LogP contribution in [0.4, 0.5) is 5.69 Å². The van der Waals surface area contributed by atoms with E-state index < -0.39 is 28.5 Å². The third-order valence-electron chi connectivity index (χ3n) is 7.40. The SMILES string of the molecule is Cc1ccc(CN(C(=O)CN(c2ccc(C)c(Cl)c2)S(=O)(=O)c2ccccc2)[C@@H](C)C(=O)NC2CCCC2)cc1. The van der Waals surface area contributed by atoms with Gasteiger partial charge in [-0.3, -0.25) is 13.9 Å². The molecule has 0 radical (unpaired) electrons. The van der Waals surface area contributed by atoms with E-state index in [1.54, 1.807) is 43.3 Å². The van der Waals surface area contributed by atoms with Crippen molar-refractivity contribution in [1.82, 2.24) is 10.2 Å². The summed E-state index contributed by atoms with van der Waals surface area (Å²) in [7, 11) is -4.13. The summed E-state index contributed by atoms with van der Waals surface area (Å²) in [5.74, 6) is -0.742. The molecule has 1 N–H and O–H groups in total. The summed E-state index contributed by atoms with van der Waals surface area (Å²) >= 11 is 6.38. The Kier molecular flexibility index (Phi) is 9.53. The van der Waals surface area contributed by atoms with Crippen LogP contribution in [0.2, 0.25) is 5.02 Å². The number of anilines is 1. The van der Waals surface area contributed by atoms with Crippen molar-refractivity contribution in [2.75, 3.05) is 10.8 Å². The molecule has 0 saturated heterocycles. The van der Waals surface area contributed by atoms with E-state index in [1.807, 2.05) is 38.1 Å². The van der Waals surface area contributed by atoms with Gasteiger partial charge in [0.25, 0.3) is 10.0 Å². The Hall–Kier alpha value is -3.36. The molecule has 1 saturated carbocycles. The Labute approximate surface area is 242 Å². The Balaban J connectivity index is 1.69. The van der Waals surface area contributed by atoms with Gasteiger partial charge in [0, 0.05) is 17.6 Å². The van der Waals surface area contributed by atoms with Crippen LogP contribution in [-0.4, -0.2) is 43.8 Å². The van der Waals surface area contributed by atoms with Crippen molar-refractivity contribution in [3.8, 4) is 0 Å². The normalized spacial score (nSPS) is 14.5. The lowest BCUT2D eigenvalue weighted by Gasteiger charge is -2.32. The van der Waals surface area contributed by atoms with Crippen molar-refractivity contribution in [2.24, 2.45) is 0 Å². The number of halogens is 1. The molecular weight excluding hydrogens is 546 g/mol. The molecule has 4 rings (SSSR count). The Morgan fingerprint density at radius 1 is 0.975 bits per heavy atom. The molecule has 40 heavy (non-hydrogen) atoms. The van der Waals surface area contributed by atoms with E-state index >= 15 is 0 Å². The second-order valence-corrected chi connectivity index (χ2v) is 12.7. The highest BCUT2D eigenvalue weighted by Crippen LogP contribution is 2.28. The fraction of sp³-hybridized carbons (Fsp3) is 0.355. The highest BCUT2D eigenvalue weighted by atomic mass is 35.5. The summed E-state index contributed by atoms with van der Waals surface area (Å²) < 4.78 is 28.8. The molecule has 1 aliphatic carbocycles. The van der Waals surface area contributed by atoms with Crippen LogP contribution in [0.5, 0.6) is 0 Å². The minimum atomic E-state index is -4.13. The van der Waals surface area contributed by atoms with Crippen molar-refractivity contribution >= 4 is 39.1 Å². The van der Waals surface area contributed by atoms with E-state index in [-0.39, 0.29) is 29.1 Å². The highest BCUT2D eigenvalue weighted by molar-refractivity contribution is 7.92. The Bertz CT molecular complexity index is 1440. The van der Waals surface area contributed by atoms with E-state index in [9.17, 15) is 18.0 Å². The topological polar surface area (TPSA) is 86.8 Å². The molecule has 0 bridgehead atoms. The molecule has 0 unspecified atom stereocenters. The number of benzene rings is 3. The Morgan fingerprint density at radius 2 is 1.62 bits per heavy atom. The van der Waals surface area contributed by atoms with Crippen LogP contribution in [0, 0.1) is 13.8 Å². The van der Waals surface area contributed by atoms with Gasteiger partial charge >= 0.3 is 0 Å². The van der Waals surface area contributed by atoms with Gasteiger partial charge in [-0.25, -0.2) is 8.42 Å². The lowest BCUT2D eigenvalue weighted by atomic mass is 10.1. The van der Waals surface area contributed by atoms with Crippen LogP contribution in [-0.2, 0) is 26.2 Å². The number of amides is 2. The van der Waals surface area contributed by atoms with E-state index in [0.717, 1.165) is 46.7 Å². The zero-order valence-corrected chi connectivity index (χ0v) is 24.7. The van der Waals surface area contributed by atoms with Crippen molar-refractivity contribution in [2.45, 2.75) is 70.0 Å². The fourth-order valence-electron chi connectivity index (χ4n) is 4.85. The molecule has 7 nitrogen and oxygen atoms in total. The van der Waals surface area contributed by atoms with Gasteiger partial charge in [0.2, 0.25) is 11.8 Å². The molecule has 212 valence electrons. The first-order chi connectivity index (χ1) is 19.1. The predicted molar refractivity (Wildman–Crippen MR) is 159 cm³/mol. The third-order valence-corrected chi connectivity index (χ3v) is 9.59. The Morgan fingerprint density at radius 3 is 2.25 bits per heavy atom. The first kappa shape index (κ1) is 29.6. The van der Waals surface area contributed by atoms with Gasteiger partial charge in [0.05, 0.1) is 10.6 Å². The molecule has 0 heterocycles. The lowest BCUT2D eigenvalue weighted by Crippen LogP contribution is -2.52. The van der Waals surface area contributed by atoms with Crippen LogP contribution < -0.4 is 9.62 Å². The average molecular weight is 582 g/mol. The summed E-state index contributed by atoms with van der Waals surface area (Å²) in [5, 5.41) is 3.47. The van der Waals surface area contributed by atoms with Gasteiger partial charge in [-0.05, 0) is 69.0 Å². The number of hydrogen-bond donors (Lipinski definition) is 1. The standard InChI is InChI=1S/C31H36ClN3O4S/c1-22-13-16-25(17-14-22)20-34(24(3)31(37)33-26-9-7-8-10-26)30(36)21-35(27-18-15-23(2)29(32)19-27)40(38,39)28-11-5-4-6-12-28/h4-6,11-19,24,26H,7-10,20-21H2,1-3H3,(H,33,37)/t24-/m0/s1. The van der Waals surface area contributed by atoms with Crippen LogP contribution in [0.3, 0.4) is 0 Å². The molecule has 1 fully saturated rings. The van der Waals surface area contributed by atoms with Crippen LogP contribution in [0.1, 0.15) is 49.3 Å². The van der Waals surface area contributed by atoms with Crippen LogP contribution >= 0.6 is 11.6 Å². The monoisotopic (exact) mass is 581 g/mol. The van der Waals surface area contributed by atoms with E-state index in [1.165, 1.54) is 17.0 Å². The zero-order chi connectivity index (χ0) is 28.9. The summed E-state index contributed by atoms with van der Waals surface area (Å²) in [5.41, 5.74) is 2.97. The smallest absolute Gasteiger partial charge is 0.264 e. The molecule has 3 aromatic carbocycles. The molecule has 1 atom stereocenters. The summed E-state index contributed by atoms with van der Waals surface area (Å²) in [6, 6.07) is 19.9. The molecule has 0 spiro atoms. The summed E-state index contributed by atoms with van der Waals surface area (Å²) in [6.45, 7) is 5.15. The van der Waals surface area contributed by atoms with Crippen molar-refractivity contribution in [3.63, 3.8) is 0 Å². The second-order valence-electron chi connectivity index (χ2n) is 10.4. The highest BCUT2D eigenvalue weighted by Gasteiger charge is 2.33. The lowest BCUT2D eigenvalue weighted by molar-refractivity contribution is -0.139. The maximum absolute atomic E-state index is 14.0. The number of carbonyl (C=O) groups excluding carboxylic acids is 2. The quantitative estimate of drug-likeness (QED) is 0.336. The number of nitrogens with one attached hydrogen (secondary N) is 1. The largest absolute Gasteiger partial charge is 0.352 e. The van der Waals surface area contributed by atoms with Gasteiger partial charge in [-0.2, -0.15) is 0 Å². The molecule has 0 aliphatic heterocycles.